The second-order valence-corrected chi connectivity index (χ2v) is 8.34. The van der Waals surface area contributed by atoms with Gasteiger partial charge in [0.1, 0.15) is 11.6 Å². The van der Waals surface area contributed by atoms with Crippen LogP contribution >= 0.6 is 31.9 Å². The Morgan fingerprint density at radius 3 is 2.48 bits per heavy atom. The van der Waals surface area contributed by atoms with Gasteiger partial charge in [-0.15, -0.1) is 0 Å². The molecule has 0 aliphatic rings. The molecular formula is C21H16Br2FN5O2. The van der Waals surface area contributed by atoms with Crippen LogP contribution < -0.4 is 10.1 Å². The zero-order chi connectivity index (χ0) is 21.8. The third-order valence-corrected chi connectivity index (χ3v) is 5.37. The molecule has 10 heteroatoms. The number of nitrogens with one attached hydrogen (secondary N) is 1. The molecule has 0 aliphatic carbocycles. The highest BCUT2D eigenvalue weighted by Crippen LogP contribution is 2.21. The second-order valence-electron chi connectivity index (χ2n) is 6.57. The summed E-state index contributed by atoms with van der Waals surface area (Å²) in [4.78, 5) is 12.6. The van der Waals surface area contributed by atoms with Crippen LogP contribution in [0.4, 0.5) is 10.2 Å². The summed E-state index contributed by atoms with van der Waals surface area (Å²) in [6, 6.07) is 15.2. The van der Waals surface area contributed by atoms with E-state index < -0.39 is 5.91 Å². The predicted octanol–water partition coefficient (Wildman–Crippen LogP) is 5.08. The molecule has 0 fully saturated rings. The number of anilines is 1. The van der Waals surface area contributed by atoms with Crippen molar-refractivity contribution in [2.24, 2.45) is 0 Å². The molecule has 0 radical (unpaired) electrons. The lowest BCUT2D eigenvalue weighted by Crippen LogP contribution is -2.15. The molecule has 2 heterocycles. The maximum absolute atomic E-state index is 13.1. The summed E-state index contributed by atoms with van der Waals surface area (Å²) in [6.45, 7) is 0.613. The van der Waals surface area contributed by atoms with E-state index in [4.69, 9.17) is 4.74 Å². The third-order valence-electron chi connectivity index (χ3n) is 4.26. The maximum Gasteiger partial charge on any atom is 0.277 e. The Balaban J connectivity index is 1.36. The van der Waals surface area contributed by atoms with E-state index in [9.17, 15) is 9.18 Å². The summed E-state index contributed by atoms with van der Waals surface area (Å²) in [5.41, 5.74) is 1.12. The van der Waals surface area contributed by atoms with Crippen molar-refractivity contribution in [2.45, 2.75) is 13.3 Å². The first-order chi connectivity index (χ1) is 15.0. The van der Waals surface area contributed by atoms with Gasteiger partial charge in [-0.2, -0.15) is 10.2 Å². The van der Waals surface area contributed by atoms with Gasteiger partial charge in [-0.1, -0.05) is 28.1 Å². The number of rotatable bonds is 7. The quantitative estimate of drug-likeness (QED) is 0.349. The van der Waals surface area contributed by atoms with E-state index in [2.05, 4.69) is 47.4 Å². The first-order valence-electron chi connectivity index (χ1n) is 9.17. The van der Waals surface area contributed by atoms with Crippen LogP contribution in [0, 0.1) is 5.82 Å². The lowest BCUT2D eigenvalue weighted by molar-refractivity contribution is 0.101. The highest BCUT2D eigenvalue weighted by Gasteiger charge is 2.15. The number of hydrogen-bond donors (Lipinski definition) is 1. The summed E-state index contributed by atoms with van der Waals surface area (Å²) < 4.78 is 23.5. The molecule has 0 saturated carbocycles. The van der Waals surface area contributed by atoms with Crippen LogP contribution in [0.1, 0.15) is 16.1 Å². The lowest BCUT2D eigenvalue weighted by Gasteiger charge is -2.06. The van der Waals surface area contributed by atoms with Crippen LogP contribution in [0.2, 0.25) is 0 Å². The number of halogens is 3. The van der Waals surface area contributed by atoms with Gasteiger partial charge in [0.2, 0.25) is 0 Å². The minimum Gasteiger partial charge on any atom is -0.471 e. The number of amides is 1. The van der Waals surface area contributed by atoms with Crippen molar-refractivity contribution in [1.29, 1.82) is 0 Å². The van der Waals surface area contributed by atoms with Gasteiger partial charge in [-0.3, -0.25) is 9.48 Å². The Morgan fingerprint density at radius 2 is 1.74 bits per heavy atom. The zero-order valence-corrected chi connectivity index (χ0v) is 19.2. The smallest absolute Gasteiger partial charge is 0.277 e. The zero-order valence-electron chi connectivity index (χ0n) is 16.0. The summed E-state index contributed by atoms with van der Waals surface area (Å²) in [5.74, 6) is 0.378. The van der Waals surface area contributed by atoms with Crippen LogP contribution in [0.25, 0.3) is 0 Å². The topological polar surface area (TPSA) is 74.0 Å². The van der Waals surface area contributed by atoms with E-state index in [1.54, 1.807) is 35.3 Å². The Hall–Kier alpha value is -2.98. The van der Waals surface area contributed by atoms with Gasteiger partial charge >= 0.3 is 0 Å². The molecule has 0 unspecified atom stereocenters. The van der Waals surface area contributed by atoms with Gasteiger partial charge in [0.05, 0.1) is 11.0 Å². The summed E-state index contributed by atoms with van der Waals surface area (Å²) in [6.07, 6.45) is 3.40. The Kier molecular flexibility index (Phi) is 6.47. The highest BCUT2D eigenvalue weighted by molar-refractivity contribution is 9.10. The standard InChI is InChI=1S/C21H16Br2FN5O2/c22-15-3-7-17(8-4-15)31-13-28-10-9-19(26-28)21(30)25-20-18(23)12-29(27-20)11-14-1-5-16(24)6-2-14/h1-10,12H,11,13H2,(H,25,27,30). The van der Waals surface area contributed by atoms with Crippen molar-refractivity contribution < 1.29 is 13.9 Å². The largest absolute Gasteiger partial charge is 0.471 e. The molecule has 2 aromatic carbocycles. The SMILES string of the molecule is O=C(Nc1nn(Cc2ccc(F)cc2)cc1Br)c1ccn(COc2ccc(Br)cc2)n1. The highest BCUT2D eigenvalue weighted by atomic mass is 79.9. The van der Waals surface area contributed by atoms with E-state index in [0.29, 0.717) is 22.6 Å². The monoisotopic (exact) mass is 547 g/mol. The van der Waals surface area contributed by atoms with Crippen LogP contribution in [-0.4, -0.2) is 25.5 Å². The molecule has 0 aliphatic heterocycles. The van der Waals surface area contributed by atoms with E-state index >= 15 is 0 Å². The van der Waals surface area contributed by atoms with Crippen LogP contribution in [0.15, 0.2) is 75.9 Å². The fourth-order valence-corrected chi connectivity index (χ4v) is 3.42. The summed E-state index contributed by atoms with van der Waals surface area (Å²) >= 11 is 6.77. The fraction of sp³-hybridized carbons (Fsp3) is 0.0952. The van der Waals surface area contributed by atoms with E-state index in [-0.39, 0.29) is 18.2 Å². The van der Waals surface area contributed by atoms with E-state index in [1.165, 1.54) is 16.8 Å². The number of aromatic nitrogens is 4. The third kappa shape index (κ3) is 5.59. The minimum atomic E-state index is -0.393. The van der Waals surface area contributed by atoms with Gasteiger partial charge in [0, 0.05) is 16.9 Å². The summed E-state index contributed by atoms with van der Waals surface area (Å²) in [7, 11) is 0. The van der Waals surface area contributed by atoms with Gasteiger partial charge in [-0.05, 0) is 64.0 Å². The minimum absolute atomic E-state index is 0.172. The van der Waals surface area contributed by atoms with Gasteiger partial charge in [-0.25, -0.2) is 9.07 Å². The number of carbonyl (C=O) groups excluding carboxylic acids is 1. The van der Waals surface area contributed by atoms with Gasteiger partial charge in [0.15, 0.2) is 18.2 Å². The number of hydrogen-bond acceptors (Lipinski definition) is 4. The molecule has 158 valence electrons. The van der Waals surface area contributed by atoms with Crippen molar-refractivity contribution in [3.8, 4) is 5.75 Å². The van der Waals surface area contributed by atoms with Gasteiger partial charge < -0.3 is 10.1 Å². The molecule has 0 bridgehead atoms. The van der Waals surface area contributed by atoms with E-state index in [0.717, 1.165) is 10.0 Å². The molecule has 4 aromatic rings. The molecule has 0 saturated heterocycles. The van der Waals surface area contributed by atoms with Crippen LogP contribution in [0.3, 0.4) is 0 Å². The molecule has 31 heavy (non-hydrogen) atoms. The fourth-order valence-electron chi connectivity index (χ4n) is 2.74. The average Bonchev–Trinajstić information content (AvgIpc) is 3.36. The first-order valence-corrected chi connectivity index (χ1v) is 10.8. The maximum atomic E-state index is 13.1. The predicted molar refractivity (Wildman–Crippen MR) is 120 cm³/mol. The first kappa shape index (κ1) is 21.3. The van der Waals surface area contributed by atoms with Crippen molar-refractivity contribution >= 4 is 43.6 Å². The van der Waals surface area contributed by atoms with Crippen molar-refractivity contribution in [2.75, 3.05) is 5.32 Å². The second kappa shape index (κ2) is 9.44. The van der Waals surface area contributed by atoms with Crippen molar-refractivity contribution in [1.82, 2.24) is 19.6 Å². The number of benzene rings is 2. The molecule has 0 atom stereocenters. The molecule has 0 spiro atoms. The van der Waals surface area contributed by atoms with Crippen molar-refractivity contribution in [3.05, 3.63) is 93.0 Å². The molecule has 4 rings (SSSR count). The normalized spacial score (nSPS) is 10.8. The number of ether oxygens (including phenoxy) is 1. The average molecular weight is 549 g/mol. The van der Waals surface area contributed by atoms with Crippen molar-refractivity contribution in [3.63, 3.8) is 0 Å². The molecule has 7 nitrogen and oxygen atoms in total. The number of carbonyl (C=O) groups is 1. The summed E-state index contributed by atoms with van der Waals surface area (Å²) in [5, 5.41) is 11.3. The Morgan fingerprint density at radius 1 is 1.00 bits per heavy atom. The molecule has 2 aromatic heterocycles. The Bertz CT molecular complexity index is 1190. The molecule has 1 N–H and O–H groups in total. The van der Waals surface area contributed by atoms with Crippen LogP contribution in [0.5, 0.6) is 5.75 Å². The van der Waals surface area contributed by atoms with Crippen LogP contribution in [-0.2, 0) is 13.3 Å². The molecular weight excluding hydrogens is 533 g/mol. The van der Waals surface area contributed by atoms with Gasteiger partial charge in [0.25, 0.3) is 5.91 Å². The molecule has 1 amide bonds. The number of nitrogens with zero attached hydrogens (tertiary/aromatic N) is 4. The lowest BCUT2D eigenvalue weighted by atomic mass is 10.2. The Labute approximate surface area is 194 Å². The van der Waals surface area contributed by atoms with E-state index in [1.807, 2.05) is 24.3 Å².